The van der Waals surface area contributed by atoms with Crippen molar-refractivity contribution in [3.8, 4) is 0 Å². The number of nitrogens with zero attached hydrogens (tertiary/aromatic N) is 2. The maximum atomic E-state index is 13.9. The molecule has 0 radical (unpaired) electrons. The lowest BCUT2D eigenvalue weighted by atomic mass is 9.89. The molecule has 2 atom stereocenters. The summed E-state index contributed by atoms with van der Waals surface area (Å²) >= 11 is 0. The maximum absolute atomic E-state index is 13.9. The third kappa shape index (κ3) is 4.92. The Morgan fingerprint density at radius 1 is 0.895 bits per heavy atom. The molecular weight excluding hydrogens is 466 g/mol. The molecule has 4 heteroatoms. The number of pyridine rings is 1. The molecule has 6 rings (SSSR count). The normalized spacial score (nSPS) is 17.7. The minimum Gasteiger partial charge on any atom is -0.331 e. The average Bonchev–Trinajstić information content (AvgIpc) is 2.95. The molecule has 4 nitrogen and oxygen atoms in total. The Labute approximate surface area is 224 Å². The van der Waals surface area contributed by atoms with Crippen molar-refractivity contribution in [1.29, 1.82) is 0 Å². The van der Waals surface area contributed by atoms with Gasteiger partial charge in [0.2, 0.25) is 0 Å². The van der Waals surface area contributed by atoms with E-state index in [4.69, 9.17) is 0 Å². The van der Waals surface area contributed by atoms with Crippen molar-refractivity contribution >= 4 is 27.6 Å². The van der Waals surface area contributed by atoms with E-state index < -0.39 is 0 Å². The lowest BCUT2D eigenvalue weighted by Gasteiger charge is -2.40. The zero-order valence-electron chi connectivity index (χ0n) is 22.0. The largest absolute Gasteiger partial charge is 0.331 e. The number of hydrogen-bond acceptors (Lipinski definition) is 3. The second-order valence-corrected chi connectivity index (χ2v) is 10.6. The fraction of sp³-hybridized carbons (Fsp3) is 0.235. The van der Waals surface area contributed by atoms with E-state index in [0.29, 0.717) is 6.04 Å². The van der Waals surface area contributed by atoms with Gasteiger partial charge in [0.15, 0.2) is 0 Å². The molecule has 5 aromatic rings. The molecule has 0 bridgehead atoms. The molecule has 0 aliphatic carbocycles. The Morgan fingerprint density at radius 2 is 1.66 bits per heavy atom. The van der Waals surface area contributed by atoms with Crippen LogP contribution in [0.4, 0.5) is 0 Å². The lowest BCUT2D eigenvalue weighted by molar-refractivity contribution is 0.0574. The molecule has 4 aromatic carbocycles. The number of nitrogens with one attached hydrogen (secondary N) is 1. The second kappa shape index (κ2) is 10.4. The Bertz CT molecular complexity index is 1600. The molecule has 1 aliphatic rings. The van der Waals surface area contributed by atoms with Gasteiger partial charge in [-0.1, -0.05) is 71.8 Å². The van der Waals surface area contributed by atoms with Crippen LogP contribution in [0.25, 0.3) is 21.7 Å². The van der Waals surface area contributed by atoms with Crippen molar-refractivity contribution < 1.29 is 4.79 Å². The molecular formula is C34H33N3O. The zero-order chi connectivity index (χ0) is 26.1. The highest BCUT2D eigenvalue weighted by Gasteiger charge is 2.33. The molecule has 0 unspecified atom stereocenters. The van der Waals surface area contributed by atoms with Gasteiger partial charge in [-0.25, -0.2) is 0 Å². The fourth-order valence-electron chi connectivity index (χ4n) is 5.95. The summed E-state index contributed by atoms with van der Waals surface area (Å²) in [5, 5.41) is 7.44. The SMILES string of the molecule is Cc1cc(C)cc(C(=O)N2CC[C@H](NCc3ccnc4ccccc34)C[C@@H]2c2ccc3ccccc3c2)c1. The molecule has 1 aliphatic heterocycles. The third-order valence-corrected chi connectivity index (χ3v) is 7.81. The Balaban J connectivity index is 1.29. The lowest BCUT2D eigenvalue weighted by Crippen LogP contribution is -2.46. The summed E-state index contributed by atoms with van der Waals surface area (Å²) < 4.78 is 0. The summed E-state index contributed by atoms with van der Waals surface area (Å²) in [6.07, 6.45) is 3.68. The Morgan fingerprint density at radius 3 is 2.50 bits per heavy atom. The number of carbonyl (C=O) groups excluding carboxylic acids is 1. The molecule has 1 fully saturated rings. The van der Waals surface area contributed by atoms with Crippen LogP contribution in [0.2, 0.25) is 0 Å². The van der Waals surface area contributed by atoms with Gasteiger partial charge < -0.3 is 10.2 Å². The van der Waals surface area contributed by atoms with Gasteiger partial charge in [-0.15, -0.1) is 0 Å². The molecule has 2 heterocycles. The van der Waals surface area contributed by atoms with E-state index in [0.717, 1.165) is 48.1 Å². The molecule has 190 valence electrons. The minimum absolute atomic E-state index is 0.00774. The van der Waals surface area contributed by atoms with Crippen molar-refractivity contribution in [3.05, 3.63) is 125 Å². The Hall–Kier alpha value is -4.02. The fourth-order valence-corrected chi connectivity index (χ4v) is 5.95. The van der Waals surface area contributed by atoms with Crippen molar-refractivity contribution in [3.63, 3.8) is 0 Å². The van der Waals surface area contributed by atoms with Crippen molar-refractivity contribution in [2.45, 2.75) is 45.3 Å². The summed E-state index contributed by atoms with van der Waals surface area (Å²) in [6.45, 7) is 5.62. The number of para-hydroxylation sites is 1. The van der Waals surface area contributed by atoms with Crippen LogP contribution in [0.3, 0.4) is 0 Å². The number of piperidine rings is 1. The zero-order valence-corrected chi connectivity index (χ0v) is 22.0. The smallest absolute Gasteiger partial charge is 0.254 e. The van der Waals surface area contributed by atoms with Gasteiger partial charge in [0, 0.05) is 36.3 Å². The quantitative estimate of drug-likeness (QED) is 0.280. The van der Waals surface area contributed by atoms with Crippen LogP contribution in [0.5, 0.6) is 0 Å². The summed E-state index contributed by atoms with van der Waals surface area (Å²) in [4.78, 5) is 20.5. The summed E-state index contributed by atoms with van der Waals surface area (Å²) in [6, 6.07) is 32.0. The van der Waals surface area contributed by atoms with E-state index >= 15 is 0 Å². The molecule has 1 saturated heterocycles. The Kier molecular flexibility index (Phi) is 6.65. The highest BCUT2D eigenvalue weighted by atomic mass is 16.2. The van der Waals surface area contributed by atoms with Crippen LogP contribution in [0.1, 0.15) is 51.5 Å². The summed E-state index contributed by atoms with van der Waals surface area (Å²) in [5.41, 5.74) is 6.50. The third-order valence-electron chi connectivity index (χ3n) is 7.81. The van der Waals surface area contributed by atoms with Crippen LogP contribution in [-0.4, -0.2) is 28.4 Å². The molecule has 38 heavy (non-hydrogen) atoms. The van der Waals surface area contributed by atoms with Crippen LogP contribution in [0, 0.1) is 13.8 Å². The topological polar surface area (TPSA) is 45.2 Å². The second-order valence-electron chi connectivity index (χ2n) is 10.6. The average molecular weight is 500 g/mol. The predicted octanol–water partition coefficient (Wildman–Crippen LogP) is 7.14. The van der Waals surface area contributed by atoms with Gasteiger partial charge in [-0.05, 0) is 78.9 Å². The predicted molar refractivity (Wildman–Crippen MR) is 155 cm³/mol. The number of carbonyl (C=O) groups is 1. The number of aryl methyl sites for hydroxylation is 2. The molecule has 1 amide bonds. The van der Waals surface area contributed by atoms with E-state index in [1.807, 2.05) is 24.4 Å². The van der Waals surface area contributed by atoms with Gasteiger partial charge in [0.05, 0.1) is 11.6 Å². The number of amides is 1. The summed E-state index contributed by atoms with van der Waals surface area (Å²) in [5.74, 6) is 0.119. The number of likely N-dealkylation sites (tertiary alicyclic amines) is 1. The van der Waals surface area contributed by atoms with E-state index in [2.05, 4.69) is 102 Å². The molecule has 1 aromatic heterocycles. The van der Waals surface area contributed by atoms with E-state index in [1.54, 1.807) is 0 Å². The maximum Gasteiger partial charge on any atom is 0.254 e. The number of fused-ring (bicyclic) bond motifs is 2. The molecule has 0 spiro atoms. The van der Waals surface area contributed by atoms with E-state index in [1.165, 1.54) is 27.3 Å². The van der Waals surface area contributed by atoms with Crippen LogP contribution in [-0.2, 0) is 6.54 Å². The first kappa shape index (κ1) is 24.3. The van der Waals surface area contributed by atoms with Crippen LogP contribution >= 0.6 is 0 Å². The standard InChI is InChI=1S/C34H33N3O/c1-23-17-24(2)19-29(18-23)34(38)37-16-14-30(36-22-28-13-15-35-32-10-6-5-9-31(28)32)21-33(37)27-12-11-25-7-3-4-8-26(25)20-27/h3-13,15,17-20,30,33,36H,14,16,21-22H2,1-2H3/t30-,33+/m0/s1. The molecule has 1 N–H and O–H groups in total. The summed E-state index contributed by atoms with van der Waals surface area (Å²) in [7, 11) is 0. The van der Waals surface area contributed by atoms with Gasteiger partial charge >= 0.3 is 0 Å². The monoisotopic (exact) mass is 499 g/mol. The number of hydrogen-bond donors (Lipinski definition) is 1. The number of aromatic nitrogens is 1. The van der Waals surface area contributed by atoms with Gasteiger partial charge in [0.25, 0.3) is 5.91 Å². The highest BCUT2D eigenvalue weighted by Crippen LogP contribution is 2.34. The number of benzene rings is 4. The van der Waals surface area contributed by atoms with Gasteiger partial charge in [-0.2, -0.15) is 0 Å². The minimum atomic E-state index is 0.00774. The first-order valence-corrected chi connectivity index (χ1v) is 13.5. The van der Waals surface area contributed by atoms with Crippen molar-refractivity contribution in [2.75, 3.05) is 6.54 Å². The van der Waals surface area contributed by atoms with Gasteiger partial charge in [-0.3, -0.25) is 9.78 Å². The first-order chi connectivity index (χ1) is 18.5. The highest BCUT2D eigenvalue weighted by molar-refractivity contribution is 5.95. The number of rotatable bonds is 5. The molecule has 0 saturated carbocycles. The van der Waals surface area contributed by atoms with Crippen molar-refractivity contribution in [2.24, 2.45) is 0 Å². The van der Waals surface area contributed by atoms with Crippen molar-refractivity contribution in [1.82, 2.24) is 15.2 Å². The van der Waals surface area contributed by atoms with Crippen LogP contribution < -0.4 is 5.32 Å². The van der Waals surface area contributed by atoms with E-state index in [9.17, 15) is 4.79 Å². The van der Waals surface area contributed by atoms with Crippen LogP contribution in [0.15, 0.2) is 97.2 Å². The first-order valence-electron chi connectivity index (χ1n) is 13.5. The van der Waals surface area contributed by atoms with E-state index in [-0.39, 0.29) is 11.9 Å². The van der Waals surface area contributed by atoms with Gasteiger partial charge in [0.1, 0.15) is 0 Å².